The van der Waals surface area contributed by atoms with E-state index < -0.39 is 0 Å². The van der Waals surface area contributed by atoms with Crippen molar-refractivity contribution in [3.05, 3.63) is 12.3 Å². The van der Waals surface area contributed by atoms with Gasteiger partial charge in [-0.2, -0.15) is 21.0 Å². The van der Waals surface area contributed by atoms with Gasteiger partial charge in [-0.25, -0.2) is 21.2 Å². The zero-order valence-electron chi connectivity index (χ0n) is 17.0. The molecule has 0 amide bonds. The fourth-order valence-corrected chi connectivity index (χ4v) is 0.0500. The summed E-state index contributed by atoms with van der Waals surface area (Å²) >= 11 is 7.40. The number of nitriles is 6. The maximum absolute atomic E-state index is 7.48. The molecule has 0 spiro atoms. The van der Waals surface area contributed by atoms with E-state index in [1.807, 2.05) is 0 Å². The normalized spacial score (nSPS) is 3.44. The standard InChI is InChI=1S/2C2HN3.2C2H8N2.2CHNS.3Cd.2Cu.2H2N.H2S/c2*3-1-5-2-4;2*3-1-2-4;2*2-1-3;;;;;;;;/h2*5H;2*1-4H2;2*3H;;;;;;3*1H2/q;;;;;;;;+2;;+1;2*-1;/p-3. The van der Waals surface area contributed by atoms with Gasteiger partial charge in [-0.15, -0.1) is 0 Å². The Morgan fingerprint density at radius 2 is 0.688 bits per heavy atom. The molecule has 0 saturated heterocycles. The van der Waals surface area contributed by atoms with E-state index in [0.29, 0.717) is 26.2 Å². The first kappa shape index (κ1) is 93.7. The monoisotopic (exact) mass is 903 g/mol. The van der Waals surface area contributed by atoms with Crippen molar-refractivity contribution in [2.24, 2.45) is 22.9 Å². The molecule has 22 heteroatoms. The molecule has 0 aromatic heterocycles. The van der Waals surface area contributed by atoms with E-state index in [2.05, 4.69) is 25.3 Å². The molecule has 14 N–H and O–H groups in total. The van der Waals surface area contributed by atoms with Crippen LogP contribution >= 0.6 is 0 Å². The topological polar surface area (TPSA) is 338 Å². The predicted molar refractivity (Wildman–Crippen MR) is 110 cm³/mol. The maximum Gasteiger partial charge on any atom is 2.00 e. The molecule has 181 valence electrons. The molecule has 1 radical (unpaired) electrons. The number of nitrogens with one attached hydrogen (secondary N) is 2. The summed E-state index contributed by atoms with van der Waals surface area (Å²) in [5.74, 6) is 0. The van der Waals surface area contributed by atoms with Crippen LogP contribution in [-0.4, -0.2) is 26.2 Å². The second-order valence-electron chi connectivity index (χ2n) is 2.03. The quantitative estimate of drug-likeness (QED) is 0.0578. The number of nitrogens with zero attached hydrogens (tertiary/aromatic N) is 6. The molecule has 0 fully saturated rings. The molecule has 0 aromatic rings. The summed E-state index contributed by atoms with van der Waals surface area (Å²) in [7, 11) is 0. The third kappa shape index (κ3) is 581. The number of hydrogen-bond donors (Lipinski definition) is 6. The summed E-state index contributed by atoms with van der Waals surface area (Å²) in [5.41, 5.74) is 19.6. The van der Waals surface area contributed by atoms with E-state index in [0.717, 1.165) is 0 Å². The van der Waals surface area contributed by atoms with Crippen molar-refractivity contribution in [2.75, 3.05) is 26.2 Å². The van der Waals surface area contributed by atoms with Crippen LogP contribution in [0.15, 0.2) is 0 Å². The van der Waals surface area contributed by atoms with Crippen LogP contribution in [-0.2, 0) is 155 Å². The minimum absolute atomic E-state index is 0. The van der Waals surface area contributed by atoms with Gasteiger partial charge < -0.3 is 74.0 Å². The fourth-order valence-electron chi connectivity index (χ4n) is 0.0500. The third-order valence-corrected chi connectivity index (χ3v) is 0.557. The minimum atomic E-state index is 0. The Hall–Kier alpha value is 0.895. The fraction of sp³-hybridized carbons (Fsp3) is 0.400. The maximum atomic E-state index is 7.48. The molecule has 0 heterocycles. The van der Waals surface area contributed by atoms with Crippen LogP contribution in [0.3, 0.4) is 0 Å². The SMILES string of the molecule is N#CNC#N.N#CNC#N.N#C[S-].N#C[S-].NCCN.NCCN.[Cd+2].[Cd].[Cd].[Cu+].[Cu].[NH2-].[NH2-].[SH-]. The van der Waals surface area contributed by atoms with Crippen LogP contribution in [0.1, 0.15) is 0 Å². The van der Waals surface area contributed by atoms with Gasteiger partial charge in [-0.1, -0.05) is 10.8 Å². The van der Waals surface area contributed by atoms with Crippen LogP contribution in [0.2, 0.25) is 0 Å². The summed E-state index contributed by atoms with van der Waals surface area (Å²) in [6, 6.07) is 0. The third-order valence-electron chi connectivity index (χ3n) is 0.557. The van der Waals surface area contributed by atoms with Crippen molar-refractivity contribution in [2.45, 2.75) is 0 Å². The second-order valence-corrected chi connectivity index (χ2v) is 2.40. The van der Waals surface area contributed by atoms with Crippen LogP contribution in [0.5, 0.6) is 0 Å². The second kappa shape index (κ2) is 183. The van der Waals surface area contributed by atoms with E-state index in [-0.39, 0.29) is 142 Å². The van der Waals surface area contributed by atoms with Gasteiger partial charge in [-0.3, -0.25) is 0 Å². The van der Waals surface area contributed by atoms with Crippen molar-refractivity contribution in [1.82, 2.24) is 10.6 Å². The predicted octanol–water partition coefficient (Wildman–Crippen LogP) is -1.94. The number of thiol groups is 1. The summed E-state index contributed by atoms with van der Waals surface area (Å²) in [6.07, 6.45) is 5.62. The van der Waals surface area contributed by atoms with Gasteiger partial charge in [0.15, 0.2) is 24.8 Å². The molecule has 0 aliphatic carbocycles. The Morgan fingerprint density at radius 3 is 0.688 bits per heavy atom. The van der Waals surface area contributed by atoms with Gasteiger partial charge >= 0.3 is 44.4 Å². The molecule has 32 heavy (non-hydrogen) atoms. The molecular weight excluding hydrogens is 877 g/mol. The first-order chi connectivity index (χ1) is 11.5. The molecule has 0 bridgehead atoms. The average molecular weight is 900 g/mol. The Morgan fingerprint density at radius 1 is 0.594 bits per heavy atom. The summed E-state index contributed by atoms with van der Waals surface area (Å²) in [4.78, 5) is 0. The smallest absolute Gasteiger partial charge is 0.813 e. The molecule has 0 unspecified atom stereocenters. The van der Waals surface area contributed by atoms with Crippen molar-refractivity contribution >= 4 is 38.8 Å². The average Bonchev–Trinajstić information content (AvgIpc) is 2.59. The molecule has 14 nitrogen and oxygen atoms in total. The van der Waals surface area contributed by atoms with E-state index >= 15 is 0 Å². The molecule has 0 aliphatic rings. The van der Waals surface area contributed by atoms with Crippen LogP contribution in [0.4, 0.5) is 0 Å². The van der Waals surface area contributed by atoms with Gasteiger partial charge in [0.1, 0.15) is 0 Å². The summed E-state index contributed by atoms with van der Waals surface area (Å²) < 4.78 is 0. The summed E-state index contributed by atoms with van der Waals surface area (Å²) in [5, 5.41) is 50.3. The van der Waals surface area contributed by atoms with Crippen LogP contribution in [0, 0.1) is 67.1 Å². The van der Waals surface area contributed by atoms with Crippen LogP contribution in [0.25, 0.3) is 12.3 Å². The van der Waals surface area contributed by atoms with E-state index in [4.69, 9.17) is 54.5 Å². The molecule has 0 saturated carbocycles. The van der Waals surface area contributed by atoms with Crippen LogP contribution < -0.4 is 33.6 Å². The number of nitrogens with two attached hydrogens (primary N) is 6. The zero-order chi connectivity index (χ0) is 20.5. The molecule has 0 atom stereocenters. The number of rotatable bonds is 2. The Kier molecular flexibility index (Phi) is 536. The van der Waals surface area contributed by atoms with Crippen molar-refractivity contribution in [3.63, 3.8) is 0 Å². The van der Waals surface area contributed by atoms with Gasteiger partial charge in [0.25, 0.3) is 0 Å². The van der Waals surface area contributed by atoms with Gasteiger partial charge in [0, 0.05) is 97.8 Å². The first-order valence-electron chi connectivity index (χ1n) is 5.38. The van der Waals surface area contributed by atoms with E-state index in [9.17, 15) is 0 Å². The molecule has 0 aromatic carbocycles. The zero-order valence-corrected chi connectivity index (χ0v) is 33.5. The van der Waals surface area contributed by atoms with Crippen molar-refractivity contribution < 1.29 is 116 Å². The molecule has 0 aliphatic heterocycles. The van der Waals surface area contributed by atoms with E-state index in [1.165, 1.54) is 35.6 Å². The minimum Gasteiger partial charge on any atom is -0.813 e. The molecule has 0 rings (SSSR count). The number of thiocyanates is 2. The van der Waals surface area contributed by atoms with Gasteiger partial charge in [-0.05, 0) is 0 Å². The number of hydrogen-bond acceptors (Lipinski definition) is 15. The molecular formula is C10H23Cd3Cu2N14S3-2. The summed E-state index contributed by atoms with van der Waals surface area (Å²) in [6.45, 7) is 2.39. The Balaban J connectivity index is -0.00000000973. The first-order valence-corrected chi connectivity index (χ1v) is 6.20. The van der Waals surface area contributed by atoms with Crippen molar-refractivity contribution in [1.29, 1.82) is 31.6 Å². The van der Waals surface area contributed by atoms with Crippen molar-refractivity contribution in [3.8, 4) is 35.6 Å². The Bertz CT molecular complexity index is 388. The van der Waals surface area contributed by atoms with Gasteiger partial charge in [0.05, 0.1) is 0 Å². The van der Waals surface area contributed by atoms with Gasteiger partial charge in [0.2, 0.25) is 0 Å². The van der Waals surface area contributed by atoms with E-state index in [1.54, 1.807) is 10.6 Å². The Labute approximate surface area is 290 Å². The largest absolute Gasteiger partial charge is 2.00 e.